The van der Waals surface area contributed by atoms with Crippen LogP contribution >= 0.6 is 0 Å². The highest BCUT2D eigenvalue weighted by Gasteiger charge is 2.18. The first-order chi connectivity index (χ1) is 14.8. The van der Waals surface area contributed by atoms with E-state index in [9.17, 15) is 18.0 Å². The van der Waals surface area contributed by atoms with Crippen LogP contribution in [0.2, 0.25) is 0 Å². The number of anilines is 1. The van der Waals surface area contributed by atoms with Gasteiger partial charge in [-0.15, -0.1) is 0 Å². The second-order valence-electron chi connectivity index (χ2n) is 6.89. The van der Waals surface area contributed by atoms with Crippen molar-refractivity contribution in [1.29, 1.82) is 0 Å². The number of rotatable bonds is 5. The van der Waals surface area contributed by atoms with Crippen molar-refractivity contribution in [2.75, 3.05) is 11.9 Å². The number of hydrogen-bond acceptors (Lipinski definition) is 5. The molecule has 4 aromatic carbocycles. The van der Waals surface area contributed by atoms with Crippen LogP contribution in [0.25, 0.3) is 21.5 Å². The molecule has 0 aromatic heterocycles. The second-order valence-corrected chi connectivity index (χ2v) is 8.45. The number of nitrogens with two attached hydrogens (primary N) is 1. The molecule has 0 aliphatic rings. The van der Waals surface area contributed by atoms with Crippen LogP contribution in [0.1, 0.15) is 10.4 Å². The monoisotopic (exact) mass is 434 g/mol. The lowest BCUT2D eigenvalue weighted by molar-refractivity contribution is -0.119. The van der Waals surface area contributed by atoms with Gasteiger partial charge in [0.25, 0.3) is 5.91 Å². The second kappa shape index (κ2) is 8.17. The van der Waals surface area contributed by atoms with E-state index in [2.05, 4.69) is 5.32 Å². The number of fused-ring (bicyclic) bond motifs is 2. The lowest BCUT2D eigenvalue weighted by Gasteiger charge is -2.12. The molecule has 0 fully saturated rings. The van der Waals surface area contributed by atoms with Gasteiger partial charge in [-0.25, -0.2) is 18.4 Å². The minimum Gasteiger partial charge on any atom is -0.452 e. The largest absolute Gasteiger partial charge is 0.452 e. The average molecular weight is 434 g/mol. The number of sulfonamides is 1. The van der Waals surface area contributed by atoms with E-state index in [1.54, 1.807) is 0 Å². The van der Waals surface area contributed by atoms with E-state index in [1.807, 2.05) is 54.6 Å². The third kappa shape index (κ3) is 4.40. The zero-order valence-corrected chi connectivity index (χ0v) is 17.1. The molecule has 8 heteroatoms. The molecule has 156 valence electrons. The van der Waals surface area contributed by atoms with E-state index >= 15 is 0 Å². The first kappa shape index (κ1) is 20.5. The highest BCUT2D eigenvalue weighted by atomic mass is 32.2. The lowest BCUT2D eigenvalue weighted by atomic mass is 9.97. The molecule has 0 unspecified atom stereocenters. The molecule has 0 heterocycles. The summed E-state index contributed by atoms with van der Waals surface area (Å²) in [5.41, 5.74) is 0.612. The predicted octanol–water partition coefficient (Wildman–Crippen LogP) is 3.44. The van der Waals surface area contributed by atoms with Gasteiger partial charge in [-0.3, -0.25) is 4.79 Å². The minimum atomic E-state index is -3.90. The molecular weight excluding hydrogens is 416 g/mol. The van der Waals surface area contributed by atoms with Crippen LogP contribution in [0.4, 0.5) is 5.69 Å². The molecule has 7 nitrogen and oxygen atoms in total. The maximum absolute atomic E-state index is 12.9. The van der Waals surface area contributed by atoms with Crippen molar-refractivity contribution in [3.8, 4) is 0 Å². The van der Waals surface area contributed by atoms with Gasteiger partial charge in [0.15, 0.2) is 6.61 Å². The van der Waals surface area contributed by atoms with Gasteiger partial charge < -0.3 is 10.1 Å². The fourth-order valence-electron chi connectivity index (χ4n) is 3.38. The Morgan fingerprint density at radius 1 is 0.839 bits per heavy atom. The summed E-state index contributed by atoms with van der Waals surface area (Å²) in [4.78, 5) is 25.0. The van der Waals surface area contributed by atoms with Crippen LogP contribution in [-0.2, 0) is 19.6 Å². The third-order valence-corrected chi connectivity index (χ3v) is 5.67. The summed E-state index contributed by atoms with van der Waals surface area (Å²) >= 11 is 0. The van der Waals surface area contributed by atoms with Crippen molar-refractivity contribution in [2.45, 2.75) is 4.90 Å². The number of primary sulfonamides is 1. The molecule has 3 N–H and O–H groups in total. The molecule has 0 atom stereocenters. The maximum Gasteiger partial charge on any atom is 0.339 e. The molecule has 0 saturated carbocycles. The van der Waals surface area contributed by atoms with Gasteiger partial charge in [0.2, 0.25) is 10.0 Å². The fourth-order valence-corrected chi connectivity index (χ4v) is 3.94. The van der Waals surface area contributed by atoms with Crippen LogP contribution in [0.5, 0.6) is 0 Å². The summed E-state index contributed by atoms with van der Waals surface area (Å²) in [5, 5.41) is 10.8. The van der Waals surface area contributed by atoms with Crippen LogP contribution in [0, 0.1) is 0 Å². The van der Waals surface area contributed by atoms with Crippen LogP contribution in [0.3, 0.4) is 0 Å². The quantitative estimate of drug-likeness (QED) is 0.369. The zero-order valence-electron chi connectivity index (χ0n) is 16.2. The van der Waals surface area contributed by atoms with Gasteiger partial charge in [-0.1, -0.05) is 54.6 Å². The highest BCUT2D eigenvalue weighted by Crippen LogP contribution is 2.29. The highest BCUT2D eigenvalue weighted by molar-refractivity contribution is 7.89. The normalized spacial score (nSPS) is 11.4. The number of ether oxygens (including phenoxy) is 1. The van der Waals surface area contributed by atoms with Gasteiger partial charge >= 0.3 is 5.97 Å². The Hall–Kier alpha value is -3.75. The number of nitrogens with one attached hydrogen (secondary N) is 1. The number of esters is 1. The summed E-state index contributed by atoms with van der Waals surface area (Å²) in [6.07, 6.45) is 0. The summed E-state index contributed by atoms with van der Waals surface area (Å²) in [6, 6.07) is 22.4. The lowest BCUT2D eigenvalue weighted by Crippen LogP contribution is -2.21. The van der Waals surface area contributed by atoms with E-state index in [-0.39, 0.29) is 10.6 Å². The van der Waals surface area contributed by atoms with E-state index < -0.39 is 28.5 Å². The Bertz CT molecular complexity index is 1380. The summed E-state index contributed by atoms with van der Waals surface area (Å²) in [5.74, 6) is -1.23. The Morgan fingerprint density at radius 3 is 2.06 bits per heavy atom. The Labute approximate surface area is 178 Å². The molecule has 0 spiro atoms. The van der Waals surface area contributed by atoms with E-state index in [0.717, 1.165) is 21.5 Å². The zero-order chi connectivity index (χ0) is 22.0. The van der Waals surface area contributed by atoms with Crippen molar-refractivity contribution < 1.29 is 22.7 Å². The molecular formula is C23H18N2O5S. The first-order valence-corrected chi connectivity index (χ1v) is 10.9. The average Bonchev–Trinajstić information content (AvgIpc) is 2.75. The Morgan fingerprint density at radius 2 is 1.45 bits per heavy atom. The third-order valence-electron chi connectivity index (χ3n) is 4.76. The van der Waals surface area contributed by atoms with Crippen LogP contribution < -0.4 is 10.5 Å². The predicted molar refractivity (Wildman–Crippen MR) is 118 cm³/mol. The molecule has 0 bridgehead atoms. The van der Waals surface area contributed by atoms with Gasteiger partial charge in [0.1, 0.15) is 0 Å². The number of carbonyl (C=O) groups is 2. The van der Waals surface area contributed by atoms with E-state index in [0.29, 0.717) is 5.56 Å². The summed E-state index contributed by atoms with van der Waals surface area (Å²) < 4.78 is 28.2. The fraction of sp³-hybridized carbons (Fsp3) is 0.0435. The van der Waals surface area contributed by atoms with Gasteiger partial charge in [-0.2, -0.15) is 0 Å². The molecule has 0 radical (unpaired) electrons. The number of hydrogen-bond donors (Lipinski definition) is 2. The summed E-state index contributed by atoms with van der Waals surface area (Å²) in [6.45, 7) is -0.532. The van der Waals surface area contributed by atoms with Crippen molar-refractivity contribution in [2.24, 2.45) is 5.14 Å². The minimum absolute atomic E-state index is 0.135. The number of benzene rings is 4. The smallest absolute Gasteiger partial charge is 0.339 e. The molecule has 0 aliphatic carbocycles. The maximum atomic E-state index is 12.9. The molecule has 4 rings (SSSR count). The topological polar surface area (TPSA) is 116 Å². The van der Waals surface area contributed by atoms with Crippen molar-refractivity contribution in [1.82, 2.24) is 0 Å². The molecule has 0 aliphatic heterocycles. The van der Waals surface area contributed by atoms with Gasteiger partial charge in [0, 0.05) is 5.69 Å². The van der Waals surface area contributed by atoms with Gasteiger partial charge in [-0.05, 0) is 45.8 Å². The van der Waals surface area contributed by atoms with E-state index in [1.165, 1.54) is 24.3 Å². The molecule has 0 saturated heterocycles. The summed E-state index contributed by atoms with van der Waals surface area (Å²) in [7, 11) is -3.90. The molecule has 1 amide bonds. The van der Waals surface area contributed by atoms with Gasteiger partial charge in [0.05, 0.1) is 10.5 Å². The van der Waals surface area contributed by atoms with E-state index in [4.69, 9.17) is 9.88 Å². The number of amides is 1. The first-order valence-electron chi connectivity index (χ1n) is 9.33. The van der Waals surface area contributed by atoms with Crippen molar-refractivity contribution in [3.63, 3.8) is 0 Å². The SMILES string of the molecule is NS(=O)(=O)c1cccc(NC(=O)COC(=O)c2c3ccccc3cc3ccccc23)c1. The van der Waals surface area contributed by atoms with Crippen molar-refractivity contribution in [3.05, 3.63) is 84.4 Å². The standard InChI is InChI=1S/C23H18N2O5S/c24-31(28,29)18-9-5-8-17(13-18)25-21(26)14-30-23(27)22-19-10-3-1-6-15(19)12-16-7-2-4-11-20(16)22/h1-13H,14H2,(H,25,26)(H2,24,28,29). The number of carbonyl (C=O) groups excluding carboxylic acids is 2. The Balaban J connectivity index is 1.55. The molecule has 31 heavy (non-hydrogen) atoms. The van der Waals surface area contributed by atoms with Crippen LogP contribution in [-0.4, -0.2) is 26.9 Å². The van der Waals surface area contributed by atoms with Crippen LogP contribution in [0.15, 0.2) is 83.8 Å². The molecule has 4 aromatic rings. The van der Waals surface area contributed by atoms with Crippen molar-refractivity contribution >= 4 is 49.1 Å². The Kier molecular flexibility index (Phi) is 5.41.